The molecule has 0 bridgehead atoms. The molecule has 0 fully saturated rings. The summed E-state index contributed by atoms with van der Waals surface area (Å²) >= 11 is 0. The minimum Gasteiger partial charge on any atom is -0.496 e. The second-order valence-corrected chi connectivity index (χ2v) is 20.2. The SMILES string of the molecule is COc1c(C(C)(C)C)cc(C)c([SiH](C)C)c1C(C)(C)C1=CC([Si](C)(C)C)C(C)=C1. The van der Waals surface area contributed by atoms with Gasteiger partial charge in [0.1, 0.15) is 5.75 Å². The zero-order chi connectivity index (χ0) is 22.5. The van der Waals surface area contributed by atoms with Crippen LogP contribution >= 0.6 is 0 Å². The first kappa shape index (κ1) is 24.2. The van der Waals surface area contributed by atoms with Gasteiger partial charge in [0.25, 0.3) is 0 Å². The molecule has 162 valence electrons. The number of benzene rings is 1. The molecule has 0 saturated heterocycles. The van der Waals surface area contributed by atoms with E-state index in [1.54, 1.807) is 10.8 Å². The Balaban J connectivity index is 2.86. The molecule has 1 nitrogen and oxygen atoms in total. The third-order valence-corrected chi connectivity index (χ3v) is 11.0. The van der Waals surface area contributed by atoms with Crippen LogP contribution in [0, 0.1) is 6.92 Å². The quantitative estimate of drug-likeness (QED) is 0.465. The smallest absolute Gasteiger partial charge is 0.126 e. The summed E-state index contributed by atoms with van der Waals surface area (Å²) in [6, 6.07) is 2.40. The lowest BCUT2D eigenvalue weighted by atomic mass is 9.73. The van der Waals surface area contributed by atoms with Gasteiger partial charge in [0.2, 0.25) is 0 Å². The number of rotatable bonds is 5. The van der Waals surface area contributed by atoms with E-state index in [1.165, 1.54) is 22.3 Å². The van der Waals surface area contributed by atoms with Gasteiger partial charge in [0.05, 0.1) is 24.0 Å². The molecular formula is C26H44OSi2. The van der Waals surface area contributed by atoms with Crippen LogP contribution in [-0.2, 0) is 10.8 Å². The van der Waals surface area contributed by atoms with Gasteiger partial charge in [0, 0.05) is 16.5 Å². The summed E-state index contributed by atoms with van der Waals surface area (Å²) in [4.78, 5) is 0. The van der Waals surface area contributed by atoms with E-state index in [1.807, 2.05) is 7.11 Å². The van der Waals surface area contributed by atoms with Crippen LogP contribution in [0.4, 0.5) is 0 Å². The van der Waals surface area contributed by atoms with Crippen LogP contribution in [0.2, 0.25) is 38.3 Å². The lowest BCUT2D eigenvalue weighted by Crippen LogP contribution is -2.38. The maximum Gasteiger partial charge on any atom is 0.126 e. The van der Waals surface area contributed by atoms with Crippen LogP contribution in [-0.4, -0.2) is 24.0 Å². The van der Waals surface area contributed by atoms with E-state index in [4.69, 9.17) is 4.74 Å². The molecule has 0 amide bonds. The Morgan fingerprint density at radius 3 is 1.93 bits per heavy atom. The molecule has 1 aliphatic rings. The van der Waals surface area contributed by atoms with Gasteiger partial charge in [0.15, 0.2) is 0 Å². The first-order valence-corrected chi connectivity index (χ1v) is 17.6. The molecule has 0 N–H and O–H groups in total. The third-order valence-electron chi connectivity index (χ3n) is 6.62. The number of hydrogen-bond donors (Lipinski definition) is 0. The first-order chi connectivity index (χ1) is 13.0. The topological polar surface area (TPSA) is 9.23 Å². The van der Waals surface area contributed by atoms with E-state index in [0.29, 0.717) is 5.54 Å². The molecule has 29 heavy (non-hydrogen) atoms. The molecule has 0 aliphatic heterocycles. The predicted octanol–water partition coefficient (Wildman–Crippen LogP) is 6.87. The zero-order valence-corrected chi connectivity index (χ0v) is 23.4. The molecule has 3 heteroatoms. The van der Waals surface area contributed by atoms with E-state index in [9.17, 15) is 0 Å². The van der Waals surface area contributed by atoms with Gasteiger partial charge in [-0.25, -0.2) is 0 Å². The van der Waals surface area contributed by atoms with Crippen molar-refractivity contribution in [3.8, 4) is 5.75 Å². The lowest BCUT2D eigenvalue weighted by molar-refractivity contribution is 0.385. The molecule has 1 unspecified atom stereocenters. The highest BCUT2D eigenvalue weighted by Crippen LogP contribution is 2.48. The number of methoxy groups -OCH3 is 1. The number of ether oxygens (including phenoxy) is 1. The average molecular weight is 429 g/mol. The van der Waals surface area contributed by atoms with Crippen molar-refractivity contribution in [1.29, 1.82) is 0 Å². The maximum absolute atomic E-state index is 6.20. The molecule has 2 rings (SSSR count). The highest BCUT2D eigenvalue weighted by Gasteiger charge is 2.39. The molecule has 0 heterocycles. The average Bonchev–Trinajstić information content (AvgIpc) is 2.95. The third kappa shape index (κ3) is 4.51. The van der Waals surface area contributed by atoms with Gasteiger partial charge in [-0.15, -0.1) is 0 Å². The molecule has 0 radical (unpaired) electrons. The van der Waals surface area contributed by atoms with E-state index in [-0.39, 0.29) is 10.8 Å². The molecule has 1 aromatic rings. The molecule has 0 aromatic heterocycles. The van der Waals surface area contributed by atoms with Crippen LogP contribution in [0.25, 0.3) is 0 Å². The van der Waals surface area contributed by atoms with Gasteiger partial charge in [-0.2, -0.15) is 0 Å². The lowest BCUT2D eigenvalue weighted by Gasteiger charge is -2.36. The summed E-state index contributed by atoms with van der Waals surface area (Å²) < 4.78 is 6.20. The number of hydrogen-bond acceptors (Lipinski definition) is 1. The Kier molecular flexibility index (Phi) is 6.58. The zero-order valence-electron chi connectivity index (χ0n) is 21.3. The van der Waals surface area contributed by atoms with Crippen LogP contribution in [0.1, 0.15) is 58.2 Å². The van der Waals surface area contributed by atoms with Crippen molar-refractivity contribution >= 4 is 22.1 Å². The van der Waals surface area contributed by atoms with Crippen molar-refractivity contribution < 1.29 is 4.74 Å². The summed E-state index contributed by atoms with van der Waals surface area (Å²) in [6.45, 7) is 28.7. The Hall–Kier alpha value is -1.07. The van der Waals surface area contributed by atoms with Crippen LogP contribution in [0.5, 0.6) is 5.75 Å². The highest BCUT2D eigenvalue weighted by molar-refractivity contribution is 6.78. The Bertz CT molecular complexity index is 843. The summed E-state index contributed by atoms with van der Waals surface area (Å²) in [6.07, 6.45) is 5.07. The largest absolute Gasteiger partial charge is 0.496 e. The van der Waals surface area contributed by atoms with Crippen LogP contribution in [0.15, 0.2) is 29.4 Å². The van der Waals surface area contributed by atoms with E-state index in [2.05, 4.69) is 99.4 Å². The maximum atomic E-state index is 6.20. The Morgan fingerprint density at radius 1 is 1.00 bits per heavy atom. The normalized spacial score (nSPS) is 18.2. The van der Waals surface area contributed by atoms with Crippen molar-refractivity contribution in [2.45, 2.75) is 97.6 Å². The molecule has 1 aromatic carbocycles. The summed E-state index contributed by atoms with van der Waals surface area (Å²) in [5, 5.41) is 1.59. The fraction of sp³-hybridized carbons (Fsp3) is 0.615. The monoisotopic (exact) mass is 428 g/mol. The van der Waals surface area contributed by atoms with Gasteiger partial charge in [-0.1, -0.05) is 102 Å². The van der Waals surface area contributed by atoms with Crippen molar-refractivity contribution in [2.75, 3.05) is 7.11 Å². The van der Waals surface area contributed by atoms with Crippen molar-refractivity contribution in [2.24, 2.45) is 0 Å². The number of aryl methyl sites for hydroxylation is 1. The highest BCUT2D eigenvalue weighted by atomic mass is 28.3. The first-order valence-electron chi connectivity index (χ1n) is 11.2. The van der Waals surface area contributed by atoms with Crippen LogP contribution < -0.4 is 9.92 Å². The minimum absolute atomic E-state index is 0.0503. The summed E-state index contributed by atoms with van der Waals surface area (Å²) in [5.41, 5.74) is 7.85. The number of allylic oxidation sites excluding steroid dienone is 4. The van der Waals surface area contributed by atoms with Crippen molar-refractivity contribution in [3.63, 3.8) is 0 Å². The predicted molar refractivity (Wildman–Crippen MR) is 137 cm³/mol. The second kappa shape index (κ2) is 7.88. The van der Waals surface area contributed by atoms with Gasteiger partial charge in [-0.3, -0.25) is 0 Å². The van der Waals surface area contributed by atoms with E-state index >= 15 is 0 Å². The minimum atomic E-state index is -1.29. The van der Waals surface area contributed by atoms with Gasteiger partial charge < -0.3 is 4.74 Å². The standard InChI is InChI=1S/C26H44OSi2/c1-17-14-19(16-21(17)29(11,12)13)26(6,7)22-23(27-8)20(25(3,4)5)15-18(2)24(22)28(9)10/h14-16,21,28H,1-13H3. The molecular weight excluding hydrogens is 384 g/mol. The van der Waals surface area contributed by atoms with Crippen molar-refractivity contribution in [1.82, 2.24) is 0 Å². The molecule has 1 aliphatic carbocycles. The van der Waals surface area contributed by atoms with Gasteiger partial charge in [-0.05, 0) is 30.4 Å². The van der Waals surface area contributed by atoms with Crippen molar-refractivity contribution in [3.05, 3.63) is 46.1 Å². The Morgan fingerprint density at radius 2 is 1.55 bits per heavy atom. The Labute approximate surface area is 183 Å². The van der Waals surface area contributed by atoms with E-state index < -0.39 is 16.9 Å². The van der Waals surface area contributed by atoms with E-state index in [0.717, 1.165) is 5.75 Å². The second-order valence-electron chi connectivity index (χ2n) is 11.9. The molecule has 0 saturated carbocycles. The summed E-state index contributed by atoms with van der Waals surface area (Å²) in [7, 11) is -0.475. The molecule has 1 atom stereocenters. The fourth-order valence-corrected chi connectivity index (χ4v) is 9.30. The fourth-order valence-electron chi connectivity index (χ4n) is 5.11. The molecule has 0 spiro atoms. The van der Waals surface area contributed by atoms with Crippen LogP contribution in [0.3, 0.4) is 0 Å². The summed E-state index contributed by atoms with van der Waals surface area (Å²) in [5.74, 6) is 1.12. The van der Waals surface area contributed by atoms with Gasteiger partial charge >= 0.3 is 0 Å².